The first-order valence-electron chi connectivity index (χ1n) is 5.98. The third-order valence-corrected chi connectivity index (χ3v) is 3.53. The van der Waals surface area contributed by atoms with E-state index in [0.717, 1.165) is 0 Å². The van der Waals surface area contributed by atoms with Crippen molar-refractivity contribution >= 4 is 17.3 Å². The van der Waals surface area contributed by atoms with Crippen LogP contribution in [0.2, 0.25) is 0 Å². The molecule has 0 aromatic heterocycles. The molecule has 90 valence electrons. The zero-order valence-electron chi connectivity index (χ0n) is 10.8. The number of halogens is 1. The van der Waals surface area contributed by atoms with Crippen molar-refractivity contribution in [1.29, 1.82) is 0 Å². The Kier molecular flexibility index (Phi) is 5.14. The Morgan fingerprint density at radius 1 is 1.38 bits per heavy atom. The maximum atomic E-state index is 5.86. The molecule has 1 atom stereocenters. The minimum absolute atomic E-state index is 0.589. The molecule has 0 aliphatic carbocycles. The largest absolute Gasteiger partial charge is 0.372 e. The van der Waals surface area contributed by atoms with E-state index in [1.54, 1.807) is 0 Å². The average molecular weight is 240 g/mol. The topological polar surface area (TPSA) is 3.24 Å². The summed E-state index contributed by atoms with van der Waals surface area (Å²) in [4.78, 5) is 2.34. The van der Waals surface area contributed by atoms with Gasteiger partial charge in [-0.2, -0.15) is 0 Å². The van der Waals surface area contributed by atoms with Gasteiger partial charge in [0.25, 0.3) is 0 Å². The Balaban J connectivity index is 2.84. The van der Waals surface area contributed by atoms with Crippen molar-refractivity contribution in [3.8, 4) is 0 Å². The van der Waals surface area contributed by atoms with Gasteiger partial charge in [-0.3, -0.25) is 0 Å². The number of hydrogen-bond donors (Lipinski definition) is 0. The molecule has 0 heterocycles. The summed E-state index contributed by atoms with van der Waals surface area (Å²) < 4.78 is 0. The van der Waals surface area contributed by atoms with Crippen LogP contribution in [0, 0.1) is 6.92 Å². The predicted octanol–water partition coefficient (Wildman–Crippen LogP) is 4.36. The van der Waals surface area contributed by atoms with Gasteiger partial charge in [0.15, 0.2) is 0 Å². The maximum absolute atomic E-state index is 5.86. The van der Waals surface area contributed by atoms with E-state index in [0.29, 0.717) is 11.9 Å². The lowest BCUT2D eigenvalue weighted by molar-refractivity contribution is 0.616. The van der Waals surface area contributed by atoms with Crippen molar-refractivity contribution in [2.45, 2.75) is 45.5 Å². The molecule has 1 aromatic rings. The number of benzene rings is 1. The van der Waals surface area contributed by atoms with Crippen molar-refractivity contribution < 1.29 is 0 Å². The highest BCUT2D eigenvalue weighted by Gasteiger charge is 2.09. The second-order valence-electron chi connectivity index (χ2n) is 4.49. The minimum atomic E-state index is 0.589. The van der Waals surface area contributed by atoms with E-state index in [9.17, 15) is 0 Å². The molecule has 0 saturated heterocycles. The number of alkyl halides is 1. The summed E-state index contributed by atoms with van der Waals surface area (Å²) in [5, 5.41) is 0. The zero-order valence-corrected chi connectivity index (χ0v) is 11.5. The number of rotatable bonds is 5. The molecule has 1 aromatic carbocycles. The molecule has 16 heavy (non-hydrogen) atoms. The van der Waals surface area contributed by atoms with Crippen molar-refractivity contribution in [2.75, 3.05) is 11.9 Å². The molecule has 0 aliphatic heterocycles. The van der Waals surface area contributed by atoms with Crippen LogP contribution >= 0.6 is 11.6 Å². The lowest BCUT2D eigenvalue weighted by Crippen LogP contribution is -2.28. The van der Waals surface area contributed by atoms with Gasteiger partial charge in [-0.05, 0) is 43.5 Å². The van der Waals surface area contributed by atoms with Crippen LogP contribution in [-0.4, -0.2) is 13.1 Å². The molecule has 0 bridgehead atoms. The van der Waals surface area contributed by atoms with Crippen LogP contribution in [0.3, 0.4) is 0 Å². The maximum Gasteiger partial charge on any atom is 0.0476 e. The number of aryl methyl sites for hydroxylation is 1. The molecule has 0 radical (unpaired) electrons. The van der Waals surface area contributed by atoms with Crippen LogP contribution in [0.1, 0.15) is 37.8 Å². The van der Waals surface area contributed by atoms with E-state index >= 15 is 0 Å². The molecule has 0 N–H and O–H groups in total. The average Bonchev–Trinajstić information content (AvgIpc) is 2.28. The fraction of sp³-hybridized carbons (Fsp3) is 0.571. The first kappa shape index (κ1) is 13.4. The number of nitrogens with zero attached hydrogens (tertiary/aromatic N) is 1. The van der Waals surface area contributed by atoms with Gasteiger partial charge in [0.1, 0.15) is 0 Å². The highest BCUT2D eigenvalue weighted by Crippen LogP contribution is 2.22. The summed E-state index contributed by atoms with van der Waals surface area (Å²) >= 11 is 5.86. The first-order chi connectivity index (χ1) is 7.60. The number of hydrogen-bond acceptors (Lipinski definition) is 1. The van der Waals surface area contributed by atoms with Crippen LogP contribution < -0.4 is 4.90 Å². The Morgan fingerprint density at radius 2 is 2.06 bits per heavy atom. The molecule has 0 spiro atoms. The van der Waals surface area contributed by atoms with Crippen LogP contribution in [0.4, 0.5) is 5.69 Å². The Bertz CT molecular complexity index is 336. The Labute approximate surface area is 104 Å². The van der Waals surface area contributed by atoms with Crippen molar-refractivity contribution in [2.24, 2.45) is 0 Å². The summed E-state index contributed by atoms with van der Waals surface area (Å²) in [6.07, 6.45) is 2.46. The summed E-state index contributed by atoms with van der Waals surface area (Å²) in [5.74, 6) is 0.598. The molecule has 1 nitrogen and oxygen atoms in total. The van der Waals surface area contributed by atoms with Gasteiger partial charge in [-0.1, -0.05) is 19.4 Å². The molecule has 0 aliphatic rings. The van der Waals surface area contributed by atoms with Gasteiger partial charge in [-0.15, -0.1) is 11.6 Å². The Morgan fingerprint density at radius 3 is 2.56 bits per heavy atom. The second kappa shape index (κ2) is 6.15. The molecule has 0 amide bonds. The fourth-order valence-electron chi connectivity index (χ4n) is 1.92. The molecular weight excluding hydrogens is 218 g/mol. The van der Waals surface area contributed by atoms with Gasteiger partial charge < -0.3 is 4.90 Å². The lowest BCUT2D eigenvalue weighted by Gasteiger charge is -2.27. The molecule has 0 fully saturated rings. The minimum Gasteiger partial charge on any atom is -0.372 e. The number of anilines is 1. The lowest BCUT2D eigenvalue weighted by atomic mass is 10.1. The van der Waals surface area contributed by atoms with Gasteiger partial charge in [-0.25, -0.2) is 0 Å². The fourth-order valence-corrected chi connectivity index (χ4v) is 2.22. The van der Waals surface area contributed by atoms with Crippen molar-refractivity contribution in [3.63, 3.8) is 0 Å². The highest BCUT2D eigenvalue weighted by molar-refractivity contribution is 6.17. The van der Waals surface area contributed by atoms with E-state index in [-0.39, 0.29) is 0 Å². The molecular formula is C14H22ClN. The molecule has 1 unspecified atom stereocenters. The quantitative estimate of drug-likeness (QED) is 0.691. The van der Waals surface area contributed by atoms with Gasteiger partial charge in [0.05, 0.1) is 0 Å². The normalized spacial score (nSPS) is 12.6. The van der Waals surface area contributed by atoms with Gasteiger partial charge in [0.2, 0.25) is 0 Å². The molecule has 2 heteroatoms. The van der Waals surface area contributed by atoms with E-state index in [4.69, 9.17) is 11.6 Å². The van der Waals surface area contributed by atoms with Crippen LogP contribution in [-0.2, 0) is 5.88 Å². The summed E-state index contributed by atoms with van der Waals surface area (Å²) in [6.45, 7) is 6.63. The van der Waals surface area contributed by atoms with Crippen LogP contribution in [0.15, 0.2) is 18.2 Å². The second-order valence-corrected chi connectivity index (χ2v) is 4.76. The van der Waals surface area contributed by atoms with E-state index in [2.05, 4.69) is 50.9 Å². The molecule has 1 rings (SSSR count). The van der Waals surface area contributed by atoms with E-state index in [1.165, 1.54) is 29.7 Å². The first-order valence-corrected chi connectivity index (χ1v) is 6.52. The third-order valence-electron chi connectivity index (χ3n) is 3.25. The van der Waals surface area contributed by atoms with Crippen molar-refractivity contribution in [1.82, 2.24) is 0 Å². The third kappa shape index (κ3) is 3.15. The van der Waals surface area contributed by atoms with E-state index in [1.807, 2.05) is 0 Å². The molecule has 0 saturated carbocycles. The monoisotopic (exact) mass is 239 g/mol. The summed E-state index contributed by atoms with van der Waals surface area (Å²) in [6, 6.07) is 7.11. The van der Waals surface area contributed by atoms with Crippen molar-refractivity contribution in [3.05, 3.63) is 29.3 Å². The predicted molar refractivity (Wildman–Crippen MR) is 73.5 cm³/mol. The smallest absolute Gasteiger partial charge is 0.0476 e. The summed E-state index contributed by atoms with van der Waals surface area (Å²) in [7, 11) is 2.16. The van der Waals surface area contributed by atoms with Gasteiger partial charge >= 0.3 is 0 Å². The Hall–Kier alpha value is -0.690. The highest BCUT2D eigenvalue weighted by atomic mass is 35.5. The van der Waals surface area contributed by atoms with E-state index < -0.39 is 0 Å². The standard InChI is InChI=1S/C14H22ClN/c1-5-6-12(3)16(4)14-8-7-13(10-15)11(2)9-14/h7-9,12H,5-6,10H2,1-4H3. The van der Waals surface area contributed by atoms with Crippen LogP contribution in [0.5, 0.6) is 0 Å². The van der Waals surface area contributed by atoms with Gasteiger partial charge in [0, 0.05) is 24.7 Å². The summed E-state index contributed by atoms with van der Waals surface area (Å²) in [5.41, 5.74) is 3.79. The van der Waals surface area contributed by atoms with Crippen LogP contribution in [0.25, 0.3) is 0 Å². The zero-order chi connectivity index (χ0) is 12.1. The SMILES string of the molecule is CCCC(C)N(C)c1ccc(CCl)c(C)c1.